The minimum Gasteiger partial charge on any atom is -0.469 e. The Morgan fingerprint density at radius 1 is 1.28 bits per heavy atom. The molecule has 9 heteroatoms. The standard InChI is InChI=1S/C23H26F3N5O/c1-30-15-19(14-29-30)18-8-10-31(16-18)22(27-9-7-21-6-3-11-32-21)28-13-17-4-2-5-20(12-17)23(24,25)26/h2-6,11-12,14-15,18H,7-10,13,16H2,1H3,(H,27,28). The highest BCUT2D eigenvalue weighted by Gasteiger charge is 2.30. The number of aromatic nitrogens is 2. The predicted molar refractivity (Wildman–Crippen MR) is 115 cm³/mol. The molecule has 3 heterocycles. The van der Waals surface area contributed by atoms with Crippen molar-refractivity contribution in [2.45, 2.75) is 31.5 Å². The van der Waals surface area contributed by atoms with Gasteiger partial charge in [-0.25, -0.2) is 4.99 Å². The van der Waals surface area contributed by atoms with Gasteiger partial charge in [-0.2, -0.15) is 18.3 Å². The molecule has 0 aliphatic carbocycles. The lowest BCUT2D eigenvalue weighted by Crippen LogP contribution is -2.41. The molecule has 0 bridgehead atoms. The van der Waals surface area contributed by atoms with Crippen LogP contribution in [0.2, 0.25) is 0 Å². The Morgan fingerprint density at radius 3 is 2.88 bits per heavy atom. The van der Waals surface area contributed by atoms with Gasteiger partial charge < -0.3 is 14.6 Å². The van der Waals surface area contributed by atoms with E-state index in [-0.39, 0.29) is 6.54 Å². The Kier molecular flexibility index (Phi) is 6.53. The topological polar surface area (TPSA) is 58.6 Å². The second-order valence-electron chi connectivity index (χ2n) is 7.97. The van der Waals surface area contributed by atoms with Gasteiger partial charge in [-0.05, 0) is 41.8 Å². The van der Waals surface area contributed by atoms with Crippen molar-refractivity contribution in [1.82, 2.24) is 20.0 Å². The van der Waals surface area contributed by atoms with Gasteiger partial charge in [0.25, 0.3) is 0 Å². The number of aliphatic imine (C=N–C) groups is 1. The van der Waals surface area contributed by atoms with Crippen LogP contribution in [0.1, 0.15) is 34.8 Å². The number of likely N-dealkylation sites (tertiary alicyclic amines) is 1. The number of hydrogen-bond donors (Lipinski definition) is 1. The number of furan rings is 1. The maximum Gasteiger partial charge on any atom is 0.416 e. The fourth-order valence-electron chi connectivity index (χ4n) is 3.91. The van der Waals surface area contributed by atoms with E-state index in [0.29, 0.717) is 30.4 Å². The lowest BCUT2D eigenvalue weighted by molar-refractivity contribution is -0.137. The summed E-state index contributed by atoms with van der Waals surface area (Å²) >= 11 is 0. The molecule has 1 aliphatic rings. The minimum absolute atomic E-state index is 0.168. The number of alkyl halides is 3. The SMILES string of the molecule is Cn1cc(C2CCN(C(=NCc3cccc(C(F)(F)F)c3)NCCc3ccco3)C2)cn1. The third kappa shape index (κ3) is 5.52. The normalized spacial score (nSPS) is 17.2. The maximum atomic E-state index is 13.0. The number of halogens is 3. The minimum atomic E-state index is -4.37. The van der Waals surface area contributed by atoms with E-state index in [4.69, 9.17) is 4.42 Å². The molecule has 1 aromatic carbocycles. The van der Waals surface area contributed by atoms with Crippen molar-refractivity contribution in [3.05, 3.63) is 77.5 Å². The van der Waals surface area contributed by atoms with Crippen LogP contribution in [-0.2, 0) is 26.2 Å². The Bertz CT molecular complexity index is 1040. The zero-order valence-electron chi connectivity index (χ0n) is 17.8. The molecule has 0 radical (unpaired) electrons. The smallest absolute Gasteiger partial charge is 0.416 e. The summed E-state index contributed by atoms with van der Waals surface area (Å²) < 4.78 is 46.3. The molecule has 2 aromatic heterocycles. The molecule has 1 aliphatic heterocycles. The van der Waals surface area contributed by atoms with E-state index in [1.807, 2.05) is 31.6 Å². The lowest BCUT2D eigenvalue weighted by atomic mass is 10.0. The first-order valence-corrected chi connectivity index (χ1v) is 10.6. The van der Waals surface area contributed by atoms with Crippen LogP contribution in [0.3, 0.4) is 0 Å². The van der Waals surface area contributed by atoms with Gasteiger partial charge in [0.15, 0.2) is 5.96 Å². The van der Waals surface area contributed by atoms with Crippen LogP contribution in [0.25, 0.3) is 0 Å². The molecule has 4 rings (SSSR count). The van der Waals surface area contributed by atoms with Crippen molar-refractivity contribution in [1.29, 1.82) is 0 Å². The zero-order valence-corrected chi connectivity index (χ0v) is 17.8. The van der Waals surface area contributed by atoms with Crippen molar-refractivity contribution in [2.24, 2.45) is 12.0 Å². The van der Waals surface area contributed by atoms with E-state index in [1.165, 1.54) is 11.6 Å². The molecular formula is C23H26F3N5O. The van der Waals surface area contributed by atoms with Gasteiger partial charge >= 0.3 is 6.18 Å². The Labute approximate surface area is 184 Å². The van der Waals surface area contributed by atoms with Gasteiger partial charge in [0, 0.05) is 45.2 Å². The van der Waals surface area contributed by atoms with Crippen LogP contribution in [-0.4, -0.2) is 40.3 Å². The Hall–Kier alpha value is -3.23. The highest BCUT2D eigenvalue weighted by Crippen LogP contribution is 2.30. The van der Waals surface area contributed by atoms with E-state index in [0.717, 1.165) is 37.4 Å². The van der Waals surface area contributed by atoms with Crippen LogP contribution < -0.4 is 5.32 Å². The monoisotopic (exact) mass is 445 g/mol. The average molecular weight is 445 g/mol. The first kappa shape index (κ1) is 22.0. The molecule has 1 N–H and O–H groups in total. The first-order valence-electron chi connectivity index (χ1n) is 10.6. The number of hydrogen-bond acceptors (Lipinski definition) is 3. The summed E-state index contributed by atoms with van der Waals surface area (Å²) in [5.41, 5.74) is 1.05. The molecule has 3 aromatic rings. The van der Waals surface area contributed by atoms with Crippen LogP contribution >= 0.6 is 0 Å². The number of guanidine groups is 1. The molecule has 1 fully saturated rings. The number of nitrogens with zero attached hydrogens (tertiary/aromatic N) is 4. The quantitative estimate of drug-likeness (QED) is 0.456. The van der Waals surface area contributed by atoms with Gasteiger partial charge in [0.1, 0.15) is 5.76 Å². The summed E-state index contributed by atoms with van der Waals surface area (Å²) in [7, 11) is 1.90. The molecule has 0 amide bonds. The Morgan fingerprint density at radius 2 is 2.16 bits per heavy atom. The fraction of sp³-hybridized carbons (Fsp3) is 0.391. The van der Waals surface area contributed by atoms with E-state index in [9.17, 15) is 13.2 Å². The third-order valence-electron chi connectivity index (χ3n) is 5.58. The maximum absolute atomic E-state index is 13.0. The predicted octanol–water partition coefficient (Wildman–Crippen LogP) is 4.21. The number of rotatable bonds is 6. The molecular weight excluding hydrogens is 419 g/mol. The largest absolute Gasteiger partial charge is 0.469 e. The summed E-state index contributed by atoms with van der Waals surface area (Å²) in [6, 6.07) is 9.08. The van der Waals surface area contributed by atoms with Crippen molar-refractivity contribution in [3.63, 3.8) is 0 Å². The summed E-state index contributed by atoms with van der Waals surface area (Å²) in [6.45, 7) is 2.37. The summed E-state index contributed by atoms with van der Waals surface area (Å²) in [5.74, 6) is 1.90. The van der Waals surface area contributed by atoms with Crippen molar-refractivity contribution >= 4 is 5.96 Å². The van der Waals surface area contributed by atoms with E-state index < -0.39 is 11.7 Å². The second-order valence-corrected chi connectivity index (χ2v) is 7.97. The molecule has 1 unspecified atom stereocenters. The van der Waals surface area contributed by atoms with Crippen LogP contribution in [0, 0.1) is 0 Å². The van der Waals surface area contributed by atoms with Gasteiger partial charge in [0.2, 0.25) is 0 Å². The van der Waals surface area contributed by atoms with Gasteiger partial charge in [-0.15, -0.1) is 0 Å². The molecule has 0 saturated carbocycles. The highest BCUT2D eigenvalue weighted by atomic mass is 19.4. The van der Waals surface area contributed by atoms with Crippen LogP contribution in [0.4, 0.5) is 13.2 Å². The number of nitrogens with one attached hydrogen (secondary N) is 1. The lowest BCUT2D eigenvalue weighted by Gasteiger charge is -2.22. The molecule has 170 valence electrons. The highest BCUT2D eigenvalue weighted by molar-refractivity contribution is 5.80. The first-order chi connectivity index (χ1) is 15.4. The van der Waals surface area contributed by atoms with E-state index in [1.54, 1.807) is 17.0 Å². The van der Waals surface area contributed by atoms with E-state index in [2.05, 4.69) is 20.3 Å². The molecule has 32 heavy (non-hydrogen) atoms. The van der Waals surface area contributed by atoms with Crippen LogP contribution in [0.15, 0.2) is 64.5 Å². The molecule has 6 nitrogen and oxygen atoms in total. The average Bonchev–Trinajstić information content (AvgIpc) is 3.52. The molecule has 1 saturated heterocycles. The van der Waals surface area contributed by atoms with Gasteiger partial charge in [-0.1, -0.05) is 12.1 Å². The van der Waals surface area contributed by atoms with Gasteiger partial charge in [-0.3, -0.25) is 4.68 Å². The van der Waals surface area contributed by atoms with Crippen molar-refractivity contribution in [3.8, 4) is 0 Å². The fourth-order valence-corrected chi connectivity index (χ4v) is 3.91. The third-order valence-corrected chi connectivity index (χ3v) is 5.58. The molecule has 0 spiro atoms. The van der Waals surface area contributed by atoms with Crippen LogP contribution in [0.5, 0.6) is 0 Å². The number of benzene rings is 1. The zero-order chi connectivity index (χ0) is 22.6. The number of aryl methyl sites for hydroxylation is 1. The Balaban J connectivity index is 1.47. The summed E-state index contributed by atoms with van der Waals surface area (Å²) in [4.78, 5) is 6.82. The second kappa shape index (κ2) is 9.50. The van der Waals surface area contributed by atoms with Crippen molar-refractivity contribution < 1.29 is 17.6 Å². The van der Waals surface area contributed by atoms with Crippen molar-refractivity contribution in [2.75, 3.05) is 19.6 Å². The van der Waals surface area contributed by atoms with E-state index >= 15 is 0 Å². The molecule has 1 atom stereocenters. The summed E-state index contributed by atoms with van der Waals surface area (Å²) in [5, 5.41) is 7.63. The van der Waals surface area contributed by atoms with Gasteiger partial charge in [0.05, 0.1) is 24.6 Å². The summed E-state index contributed by atoms with van der Waals surface area (Å²) in [6.07, 6.45) is 2.84.